The molecule has 3 amide bonds. The van der Waals surface area contributed by atoms with E-state index in [-0.39, 0.29) is 25.6 Å². The molecule has 0 saturated carbocycles. The number of aromatic nitrogens is 1. The number of benzene rings is 2. The molecule has 218 valence electrons. The van der Waals surface area contributed by atoms with Crippen LogP contribution >= 0.6 is 15.9 Å². The number of ether oxygens (including phenoxy) is 2. The number of alkyl carbamates (subject to hydrolysis) is 2. The Bertz CT molecular complexity index is 1260. The number of nitrogens with zero attached hydrogens (tertiary/aromatic N) is 2. The van der Waals surface area contributed by atoms with Crippen molar-refractivity contribution in [3.63, 3.8) is 0 Å². The Morgan fingerprint density at radius 3 is 2.32 bits per heavy atom. The number of hydrogen-bond donors (Lipinski definition) is 2. The van der Waals surface area contributed by atoms with Gasteiger partial charge in [0, 0.05) is 18.7 Å². The zero-order valence-electron chi connectivity index (χ0n) is 23.6. The van der Waals surface area contributed by atoms with E-state index in [1.165, 1.54) is 0 Å². The predicted octanol–water partition coefficient (Wildman–Crippen LogP) is 5.79. The van der Waals surface area contributed by atoms with E-state index in [1.54, 1.807) is 11.0 Å². The zero-order valence-corrected chi connectivity index (χ0v) is 25.1. The maximum Gasteiger partial charge on any atom is 0.407 e. The Labute approximate surface area is 250 Å². The van der Waals surface area contributed by atoms with Crippen molar-refractivity contribution in [3.05, 3.63) is 94.7 Å². The number of carbonyl (C=O) groups is 3. The van der Waals surface area contributed by atoms with Crippen molar-refractivity contribution < 1.29 is 28.4 Å². The highest BCUT2D eigenvalue weighted by atomic mass is 79.9. The number of carbonyl (C=O) groups excluding carboxylic acids is 3. The summed E-state index contributed by atoms with van der Waals surface area (Å²) in [6.07, 6.45) is 4.56. The highest BCUT2D eigenvalue weighted by Gasteiger charge is 2.22. The average Bonchev–Trinajstić information content (AvgIpc) is 2.98. The van der Waals surface area contributed by atoms with Gasteiger partial charge in [-0.25, -0.2) is 14.2 Å². The fraction of sp³-hybridized carbons (Fsp3) is 0.355. The highest BCUT2D eigenvalue weighted by molar-refractivity contribution is 9.10. The van der Waals surface area contributed by atoms with Gasteiger partial charge in [-0.1, -0.05) is 68.8 Å². The van der Waals surface area contributed by atoms with Crippen LogP contribution in [0.5, 0.6) is 0 Å². The van der Waals surface area contributed by atoms with Gasteiger partial charge in [0.1, 0.15) is 24.8 Å². The summed E-state index contributed by atoms with van der Waals surface area (Å²) >= 11 is 3.50. The van der Waals surface area contributed by atoms with E-state index in [1.807, 2.05) is 84.5 Å². The number of pyridine rings is 1. The van der Waals surface area contributed by atoms with Gasteiger partial charge in [-0.05, 0) is 46.1 Å². The minimum absolute atomic E-state index is 0.0286. The lowest BCUT2D eigenvalue weighted by Crippen LogP contribution is -2.39. The Kier molecular flexibility index (Phi) is 13.1. The van der Waals surface area contributed by atoms with Crippen LogP contribution in [0, 0.1) is 0 Å². The Hall–Kier alpha value is -3.92. The molecule has 0 radical (unpaired) electrons. The molecule has 0 bridgehead atoms. The van der Waals surface area contributed by atoms with Crippen molar-refractivity contribution in [1.29, 1.82) is 0 Å². The van der Waals surface area contributed by atoms with E-state index in [4.69, 9.17) is 9.47 Å². The molecule has 0 saturated heterocycles. The van der Waals surface area contributed by atoms with Crippen molar-refractivity contribution in [1.82, 2.24) is 10.6 Å². The van der Waals surface area contributed by atoms with E-state index in [2.05, 4.69) is 33.5 Å². The number of aryl methyl sites for hydroxylation is 1. The van der Waals surface area contributed by atoms with Crippen LogP contribution in [0.2, 0.25) is 0 Å². The number of hydrogen-bond acceptors (Lipinski definition) is 5. The van der Waals surface area contributed by atoms with Gasteiger partial charge >= 0.3 is 12.2 Å². The fourth-order valence-electron chi connectivity index (χ4n) is 4.10. The van der Waals surface area contributed by atoms with Crippen LogP contribution in [0.1, 0.15) is 55.1 Å². The van der Waals surface area contributed by atoms with Crippen LogP contribution in [0.15, 0.2) is 83.6 Å². The number of halogens is 1. The molecule has 1 atom stereocenters. The second kappa shape index (κ2) is 17.0. The van der Waals surface area contributed by atoms with Crippen LogP contribution in [-0.2, 0) is 16.0 Å². The zero-order chi connectivity index (χ0) is 29.5. The largest absolute Gasteiger partial charge is 0.448 e. The van der Waals surface area contributed by atoms with Gasteiger partial charge in [0.2, 0.25) is 0 Å². The monoisotopic (exact) mass is 625 g/mol. The van der Waals surface area contributed by atoms with E-state index in [0.717, 1.165) is 35.8 Å². The van der Waals surface area contributed by atoms with Crippen molar-refractivity contribution >= 4 is 39.7 Å². The number of amides is 3. The molecule has 2 N–H and O–H groups in total. The number of unbranched alkanes of at least 4 members (excludes halogenated alkanes) is 1. The van der Waals surface area contributed by atoms with E-state index < -0.39 is 18.3 Å². The Morgan fingerprint density at radius 2 is 1.63 bits per heavy atom. The number of rotatable bonds is 14. The lowest BCUT2D eigenvalue weighted by atomic mass is 10.1. The number of nitrogens with one attached hydrogen (secondary N) is 2. The summed E-state index contributed by atoms with van der Waals surface area (Å²) in [6, 6.07) is 20.2. The first kappa shape index (κ1) is 31.6. The van der Waals surface area contributed by atoms with Gasteiger partial charge in [-0.15, -0.1) is 0 Å². The average molecular weight is 627 g/mol. The first-order valence-corrected chi connectivity index (χ1v) is 14.7. The molecule has 1 heterocycles. The molecule has 3 aromatic rings. The van der Waals surface area contributed by atoms with E-state index in [9.17, 15) is 14.4 Å². The standard InChI is InChI=1S/C31H37BrN4O5/c1-3-5-16-33-31(39)41-28(24-12-8-6-9-13-24)21-34-30(38)40-19-18-36(27-14-10-7-11-15-27)29(37)25-20-26(32)23-35(22-25)17-4-2/h6-15,20,22-23,28H,3-5,16-19,21H2,1-2H3,(H-,33,34,38,39)/p+1. The second-order valence-corrected chi connectivity index (χ2v) is 10.3. The van der Waals surface area contributed by atoms with Crippen molar-refractivity contribution in [3.8, 4) is 0 Å². The van der Waals surface area contributed by atoms with Gasteiger partial charge in [-0.2, -0.15) is 0 Å². The number of para-hydroxylation sites is 1. The third kappa shape index (κ3) is 10.5. The molecule has 1 unspecified atom stereocenters. The van der Waals surface area contributed by atoms with Crippen LogP contribution < -0.4 is 20.1 Å². The molecule has 0 aliphatic rings. The highest BCUT2D eigenvalue weighted by Crippen LogP contribution is 2.19. The minimum atomic E-state index is -0.695. The molecular formula is C31H38BrN4O5+. The van der Waals surface area contributed by atoms with Crippen LogP contribution in [0.25, 0.3) is 0 Å². The van der Waals surface area contributed by atoms with Crippen molar-refractivity contribution in [2.75, 3.05) is 31.1 Å². The molecule has 2 aromatic carbocycles. The number of anilines is 1. The van der Waals surface area contributed by atoms with E-state index in [0.29, 0.717) is 17.8 Å². The molecule has 0 aliphatic heterocycles. The molecule has 41 heavy (non-hydrogen) atoms. The Morgan fingerprint density at radius 1 is 0.927 bits per heavy atom. The summed E-state index contributed by atoms with van der Waals surface area (Å²) in [6.45, 7) is 5.54. The Balaban J connectivity index is 1.62. The molecule has 1 aromatic heterocycles. The van der Waals surface area contributed by atoms with Gasteiger partial charge in [-0.3, -0.25) is 4.79 Å². The summed E-state index contributed by atoms with van der Waals surface area (Å²) in [5.41, 5.74) is 1.95. The molecular weight excluding hydrogens is 588 g/mol. The minimum Gasteiger partial charge on any atom is -0.448 e. The summed E-state index contributed by atoms with van der Waals surface area (Å²) in [4.78, 5) is 40.0. The maximum absolute atomic E-state index is 13.6. The van der Waals surface area contributed by atoms with Crippen LogP contribution in [0.3, 0.4) is 0 Å². The van der Waals surface area contributed by atoms with Gasteiger partial charge in [0.15, 0.2) is 12.4 Å². The lowest BCUT2D eigenvalue weighted by Gasteiger charge is -2.23. The van der Waals surface area contributed by atoms with Gasteiger partial charge in [0.25, 0.3) is 5.91 Å². The first-order valence-electron chi connectivity index (χ1n) is 13.9. The summed E-state index contributed by atoms with van der Waals surface area (Å²) in [5, 5.41) is 5.40. The molecule has 3 rings (SSSR count). The van der Waals surface area contributed by atoms with E-state index >= 15 is 0 Å². The molecule has 9 nitrogen and oxygen atoms in total. The smallest absolute Gasteiger partial charge is 0.407 e. The lowest BCUT2D eigenvalue weighted by molar-refractivity contribution is -0.697. The van der Waals surface area contributed by atoms with Gasteiger partial charge < -0.3 is 25.0 Å². The maximum atomic E-state index is 13.6. The predicted molar refractivity (Wildman–Crippen MR) is 161 cm³/mol. The quantitative estimate of drug-likeness (QED) is 0.174. The third-order valence-corrected chi connectivity index (χ3v) is 6.56. The van der Waals surface area contributed by atoms with Crippen LogP contribution in [-0.4, -0.2) is 44.3 Å². The van der Waals surface area contributed by atoms with Crippen molar-refractivity contribution in [2.45, 2.75) is 45.8 Å². The fourth-order valence-corrected chi connectivity index (χ4v) is 4.61. The summed E-state index contributed by atoms with van der Waals surface area (Å²) in [5.74, 6) is -0.210. The molecule has 0 spiro atoms. The SMILES string of the molecule is CCCCNC(=O)OC(CNC(=O)OCCN(C(=O)c1cc(Br)c[n+](CCC)c1)c1ccccc1)c1ccccc1. The molecule has 0 aliphatic carbocycles. The van der Waals surface area contributed by atoms with Crippen molar-refractivity contribution in [2.24, 2.45) is 0 Å². The molecule has 0 fully saturated rings. The summed E-state index contributed by atoms with van der Waals surface area (Å²) in [7, 11) is 0. The second-order valence-electron chi connectivity index (χ2n) is 9.37. The van der Waals surface area contributed by atoms with Gasteiger partial charge in [0.05, 0.1) is 17.6 Å². The third-order valence-electron chi connectivity index (χ3n) is 6.13. The normalized spacial score (nSPS) is 11.3. The topological polar surface area (TPSA) is 101 Å². The molecule has 10 heteroatoms. The van der Waals surface area contributed by atoms with Crippen LogP contribution in [0.4, 0.5) is 15.3 Å². The summed E-state index contributed by atoms with van der Waals surface area (Å²) < 4.78 is 13.8. The first-order chi connectivity index (χ1) is 19.9.